The number of carbonyl (C=O) groups excluding carboxylic acids is 2. The number of hydrogen-bond donors (Lipinski definition) is 1. The van der Waals surface area contributed by atoms with E-state index in [-0.39, 0.29) is 18.4 Å². The van der Waals surface area contributed by atoms with Gasteiger partial charge in [-0.1, -0.05) is 24.3 Å². The number of benzene rings is 2. The van der Waals surface area contributed by atoms with Gasteiger partial charge in [-0.2, -0.15) is 5.10 Å². The molecule has 6 nitrogen and oxygen atoms in total. The van der Waals surface area contributed by atoms with Gasteiger partial charge < -0.3 is 5.73 Å². The predicted molar refractivity (Wildman–Crippen MR) is 100 cm³/mol. The summed E-state index contributed by atoms with van der Waals surface area (Å²) in [5.74, 6) is -0.676. The van der Waals surface area contributed by atoms with Gasteiger partial charge in [0.1, 0.15) is 0 Å². The highest BCUT2D eigenvalue weighted by molar-refractivity contribution is 6.14. The maximum atomic E-state index is 12.7. The molecular formula is C20H18N4O2. The number of hydrogen-bond acceptors (Lipinski definition) is 4. The molecule has 2 heterocycles. The van der Waals surface area contributed by atoms with Crippen LogP contribution in [0.4, 0.5) is 5.69 Å². The molecule has 2 aromatic carbocycles. The number of carbonyl (C=O) groups is 2. The molecule has 130 valence electrons. The van der Waals surface area contributed by atoms with E-state index in [0.29, 0.717) is 11.3 Å². The highest BCUT2D eigenvalue weighted by atomic mass is 16.2. The van der Waals surface area contributed by atoms with E-state index in [9.17, 15) is 9.59 Å². The molecule has 0 spiro atoms. The van der Waals surface area contributed by atoms with E-state index >= 15 is 0 Å². The van der Waals surface area contributed by atoms with Gasteiger partial charge in [0.05, 0.1) is 23.8 Å². The lowest BCUT2D eigenvalue weighted by atomic mass is 9.95. The smallest absolute Gasteiger partial charge is 0.263 e. The molecule has 2 amide bonds. The number of imide groups is 1. The third-order valence-corrected chi connectivity index (χ3v) is 4.76. The van der Waals surface area contributed by atoms with Crippen LogP contribution < -0.4 is 5.73 Å². The van der Waals surface area contributed by atoms with Crippen LogP contribution in [-0.2, 0) is 18.4 Å². The molecule has 2 N–H and O–H groups in total. The number of anilines is 1. The van der Waals surface area contributed by atoms with Crippen molar-refractivity contribution < 1.29 is 9.59 Å². The van der Waals surface area contributed by atoms with Gasteiger partial charge in [-0.3, -0.25) is 19.2 Å². The summed E-state index contributed by atoms with van der Waals surface area (Å²) in [6, 6.07) is 9.66. The maximum absolute atomic E-state index is 12.7. The summed E-state index contributed by atoms with van der Waals surface area (Å²) >= 11 is 0. The highest BCUT2D eigenvalue weighted by Gasteiger charge is 2.34. The van der Waals surface area contributed by atoms with Gasteiger partial charge in [0.15, 0.2) is 0 Å². The van der Waals surface area contributed by atoms with Crippen molar-refractivity contribution in [3.8, 4) is 11.1 Å². The van der Waals surface area contributed by atoms with Crippen molar-refractivity contribution in [3.63, 3.8) is 0 Å². The van der Waals surface area contributed by atoms with Crippen LogP contribution in [0, 0.1) is 0 Å². The Kier molecular flexibility index (Phi) is 3.61. The van der Waals surface area contributed by atoms with Crippen LogP contribution >= 0.6 is 0 Å². The lowest BCUT2D eigenvalue weighted by Crippen LogP contribution is -2.29. The van der Waals surface area contributed by atoms with Gasteiger partial charge in [0.25, 0.3) is 11.8 Å². The molecule has 0 bridgehead atoms. The van der Waals surface area contributed by atoms with Gasteiger partial charge in [-0.15, -0.1) is 0 Å². The SMILES string of the molecule is C/C=C/C(=O)N1Cc2c(-c3ccc4cnn(C)c4c3)ccc(N)c2C1=O. The third kappa shape index (κ3) is 2.30. The van der Waals surface area contributed by atoms with Gasteiger partial charge in [0.2, 0.25) is 0 Å². The zero-order valence-electron chi connectivity index (χ0n) is 14.6. The average Bonchev–Trinajstić information content (AvgIpc) is 3.17. The molecule has 0 saturated carbocycles. The normalized spacial score (nSPS) is 13.8. The Morgan fingerprint density at radius 2 is 2.08 bits per heavy atom. The summed E-state index contributed by atoms with van der Waals surface area (Å²) < 4.78 is 1.81. The molecule has 1 aliphatic heterocycles. The number of nitrogens with two attached hydrogens (primary N) is 1. The van der Waals surface area contributed by atoms with Gasteiger partial charge in [-0.05, 0) is 41.8 Å². The Morgan fingerprint density at radius 1 is 1.27 bits per heavy atom. The molecule has 1 aromatic heterocycles. The molecule has 0 radical (unpaired) electrons. The van der Waals surface area contributed by atoms with E-state index in [4.69, 9.17) is 5.73 Å². The van der Waals surface area contributed by atoms with Crippen LogP contribution in [0.3, 0.4) is 0 Å². The molecule has 0 atom stereocenters. The number of fused-ring (bicyclic) bond motifs is 2. The molecule has 3 aromatic rings. The van der Waals surface area contributed by atoms with Crippen molar-refractivity contribution in [1.82, 2.24) is 14.7 Å². The summed E-state index contributed by atoms with van der Waals surface area (Å²) in [4.78, 5) is 26.2. The maximum Gasteiger partial charge on any atom is 0.263 e. The zero-order valence-corrected chi connectivity index (χ0v) is 14.6. The summed E-state index contributed by atoms with van der Waals surface area (Å²) in [5.41, 5.74) is 10.5. The van der Waals surface area contributed by atoms with Crippen molar-refractivity contribution >= 4 is 28.4 Å². The first kappa shape index (κ1) is 16.1. The van der Waals surface area contributed by atoms with Crippen LogP contribution in [-0.4, -0.2) is 26.5 Å². The second-order valence-corrected chi connectivity index (χ2v) is 6.33. The fraction of sp³-hybridized carbons (Fsp3) is 0.150. The zero-order chi connectivity index (χ0) is 18.4. The van der Waals surface area contributed by atoms with E-state index in [0.717, 1.165) is 27.6 Å². The number of amides is 2. The number of aromatic nitrogens is 2. The standard InChI is InChI=1S/C20H18N4O2/c1-3-4-18(25)24-11-15-14(7-8-16(21)19(15)20(24)26)12-5-6-13-10-22-23(2)17(13)9-12/h3-10H,11,21H2,1-2H3/b4-3+. The third-order valence-electron chi connectivity index (χ3n) is 4.76. The van der Waals surface area contributed by atoms with E-state index in [1.807, 2.05) is 42.2 Å². The summed E-state index contributed by atoms with van der Waals surface area (Å²) in [6.45, 7) is 1.97. The molecule has 4 rings (SSSR count). The minimum Gasteiger partial charge on any atom is -0.398 e. The van der Waals surface area contributed by atoms with Crippen molar-refractivity contribution in [3.05, 3.63) is 59.8 Å². The molecule has 0 fully saturated rings. The minimum atomic E-state index is -0.343. The first-order valence-corrected chi connectivity index (χ1v) is 8.33. The van der Waals surface area contributed by atoms with Gasteiger partial charge in [-0.25, -0.2) is 0 Å². The topological polar surface area (TPSA) is 81.2 Å². The minimum absolute atomic E-state index is 0.223. The monoisotopic (exact) mass is 346 g/mol. The summed E-state index contributed by atoms with van der Waals surface area (Å²) in [7, 11) is 1.89. The largest absolute Gasteiger partial charge is 0.398 e. The first-order valence-electron chi connectivity index (χ1n) is 8.33. The van der Waals surface area contributed by atoms with E-state index in [1.165, 1.54) is 11.0 Å². The number of nitrogens with zero attached hydrogens (tertiary/aromatic N) is 3. The molecule has 26 heavy (non-hydrogen) atoms. The number of rotatable bonds is 2. The Labute approximate surface area is 150 Å². The van der Waals surface area contributed by atoms with E-state index < -0.39 is 0 Å². The number of allylic oxidation sites excluding steroid dienone is 1. The van der Waals surface area contributed by atoms with Crippen molar-refractivity contribution in [2.75, 3.05) is 5.73 Å². The lowest BCUT2D eigenvalue weighted by molar-refractivity contribution is -0.123. The van der Waals surface area contributed by atoms with Crippen molar-refractivity contribution in [2.24, 2.45) is 7.05 Å². The van der Waals surface area contributed by atoms with Crippen LogP contribution in [0.25, 0.3) is 22.0 Å². The average molecular weight is 346 g/mol. The van der Waals surface area contributed by atoms with E-state index in [2.05, 4.69) is 5.10 Å². The van der Waals surface area contributed by atoms with Crippen LogP contribution in [0.15, 0.2) is 48.7 Å². The van der Waals surface area contributed by atoms with Crippen LogP contribution in [0.2, 0.25) is 0 Å². The quantitative estimate of drug-likeness (QED) is 0.571. The number of nitrogen functional groups attached to an aromatic ring is 1. The molecular weight excluding hydrogens is 328 g/mol. The van der Waals surface area contributed by atoms with Crippen LogP contribution in [0.5, 0.6) is 0 Å². The Bertz CT molecular complexity index is 1090. The van der Waals surface area contributed by atoms with Gasteiger partial charge >= 0.3 is 0 Å². The number of aryl methyl sites for hydroxylation is 1. The second kappa shape index (κ2) is 5.84. The predicted octanol–water partition coefficient (Wildman–Crippen LogP) is 2.88. The molecule has 1 aliphatic rings. The fourth-order valence-corrected chi connectivity index (χ4v) is 3.44. The van der Waals surface area contributed by atoms with Crippen molar-refractivity contribution in [1.29, 1.82) is 0 Å². The van der Waals surface area contributed by atoms with Gasteiger partial charge in [0, 0.05) is 18.1 Å². The molecule has 0 aliphatic carbocycles. The Hall–Kier alpha value is -3.41. The first-order chi connectivity index (χ1) is 12.5. The Morgan fingerprint density at radius 3 is 2.85 bits per heavy atom. The molecule has 0 saturated heterocycles. The summed E-state index contributed by atoms with van der Waals surface area (Å²) in [6.07, 6.45) is 4.83. The lowest BCUT2D eigenvalue weighted by Gasteiger charge is -2.11. The highest BCUT2D eigenvalue weighted by Crippen LogP contribution is 2.37. The van der Waals surface area contributed by atoms with Crippen molar-refractivity contribution in [2.45, 2.75) is 13.5 Å². The summed E-state index contributed by atoms with van der Waals surface area (Å²) in [5, 5.41) is 5.31. The van der Waals surface area contributed by atoms with Crippen LogP contribution in [0.1, 0.15) is 22.8 Å². The second-order valence-electron chi connectivity index (χ2n) is 6.33. The van der Waals surface area contributed by atoms with E-state index in [1.54, 1.807) is 19.1 Å². The fourth-order valence-electron chi connectivity index (χ4n) is 3.44. The Balaban J connectivity index is 1.87. The molecule has 6 heteroatoms. The molecule has 0 unspecified atom stereocenters.